The van der Waals surface area contributed by atoms with Crippen LogP contribution < -0.4 is 5.32 Å². The Morgan fingerprint density at radius 1 is 1.07 bits per heavy atom. The number of aliphatic hydroxyl groups is 5. The molecule has 1 aromatic carbocycles. The van der Waals surface area contributed by atoms with Crippen LogP contribution in [-0.2, 0) is 18.6 Å². The van der Waals surface area contributed by atoms with E-state index in [-0.39, 0.29) is 30.0 Å². The molecule has 1 aromatic rings. The van der Waals surface area contributed by atoms with Gasteiger partial charge in [0.05, 0.1) is 34.7 Å². The van der Waals surface area contributed by atoms with Crippen molar-refractivity contribution in [2.75, 3.05) is 11.9 Å². The Bertz CT molecular complexity index is 1190. The first-order valence-corrected chi connectivity index (χ1v) is 16.3. The van der Waals surface area contributed by atoms with Crippen molar-refractivity contribution in [3.8, 4) is 0 Å². The van der Waals surface area contributed by atoms with E-state index in [9.17, 15) is 43.5 Å². The number of ether oxygens (including phenoxy) is 1. The number of nitrogens with one attached hydrogen (secondary N) is 1. The number of urea groups is 1. The van der Waals surface area contributed by atoms with Gasteiger partial charge in [0, 0.05) is 28.8 Å². The zero-order chi connectivity index (χ0) is 32.4. The molecular weight excluding hydrogens is 592 g/mol. The lowest BCUT2D eigenvalue weighted by molar-refractivity contribution is -0.192. The van der Waals surface area contributed by atoms with Crippen LogP contribution in [0.15, 0.2) is 29.2 Å². The van der Waals surface area contributed by atoms with Crippen molar-refractivity contribution >= 4 is 37.4 Å². The molecule has 240 valence electrons. The number of carbonyl (C=O) groups excluding carboxylic acids is 2. The van der Waals surface area contributed by atoms with Gasteiger partial charge >= 0.3 is 12.0 Å². The van der Waals surface area contributed by atoms with E-state index in [1.807, 2.05) is 0 Å². The fraction of sp³-hybridized carbons (Fsp3) is 0.714. The molecule has 0 aromatic heterocycles. The predicted molar refractivity (Wildman–Crippen MR) is 156 cm³/mol. The SMILES string of the molecule is CC[C@H]1OC(=O)[C@H](C)[C@@H](O)[C@H](C)[C@@H](O)[C@@](C)(O)C[C@@H](C)CN(C(=O)Nc2ccc(S(=O)(=O)Cl)cc2)[C@H](C)[C@@H](O)[C@]1(C)O. The molecule has 0 spiro atoms. The van der Waals surface area contributed by atoms with Gasteiger partial charge in [0.2, 0.25) is 0 Å². The fourth-order valence-corrected chi connectivity index (χ4v) is 6.39. The Kier molecular flexibility index (Phi) is 11.8. The van der Waals surface area contributed by atoms with E-state index in [2.05, 4.69) is 5.32 Å². The summed E-state index contributed by atoms with van der Waals surface area (Å²) in [5.41, 5.74) is -3.56. The van der Waals surface area contributed by atoms with Gasteiger partial charge in [-0.1, -0.05) is 20.8 Å². The second-order valence-corrected chi connectivity index (χ2v) is 14.6. The molecule has 1 heterocycles. The van der Waals surface area contributed by atoms with Gasteiger partial charge in [-0.05, 0) is 70.7 Å². The molecule has 12 nitrogen and oxygen atoms in total. The molecule has 10 atom stereocenters. The average Bonchev–Trinajstić information content (AvgIpc) is 2.90. The number of cyclic esters (lactones) is 1. The molecule has 1 saturated heterocycles. The lowest BCUT2D eigenvalue weighted by Crippen LogP contribution is -2.61. The summed E-state index contributed by atoms with van der Waals surface area (Å²) in [6, 6.07) is 3.32. The second kappa shape index (κ2) is 13.7. The summed E-state index contributed by atoms with van der Waals surface area (Å²) < 4.78 is 28.7. The molecule has 1 aliphatic heterocycles. The van der Waals surface area contributed by atoms with E-state index in [0.717, 1.165) is 0 Å². The maximum atomic E-state index is 13.6. The summed E-state index contributed by atoms with van der Waals surface area (Å²) in [6.45, 7) is 10.4. The number of nitrogens with zero attached hydrogens (tertiary/aromatic N) is 1. The Balaban J connectivity index is 2.54. The standard InChI is InChI=1S/C28H45ClN2O10S/c1-8-21-28(7,38)24(34)18(5)31(26(36)30-19-9-11-20(12-10-19)42(29,39)40)14-15(2)13-27(6,37)23(33)16(3)22(32)17(4)25(35)41-21/h9-12,15-18,21-24,32-34,37-38H,8,13-14H2,1-7H3,(H,30,36)/t15-,16+,17-,18-,21-,22+,23-,24-,27+,28-/m1/s1. The van der Waals surface area contributed by atoms with Crippen LogP contribution in [0.25, 0.3) is 0 Å². The van der Waals surface area contributed by atoms with Gasteiger partial charge in [0.1, 0.15) is 17.8 Å². The van der Waals surface area contributed by atoms with Crippen LogP contribution in [0.2, 0.25) is 0 Å². The molecule has 0 aliphatic carbocycles. The first kappa shape index (κ1) is 36.2. The summed E-state index contributed by atoms with van der Waals surface area (Å²) >= 11 is 0. The smallest absolute Gasteiger partial charge is 0.322 e. The number of rotatable bonds is 3. The Labute approximate surface area is 252 Å². The topological polar surface area (TPSA) is 194 Å². The van der Waals surface area contributed by atoms with Crippen LogP contribution in [0.3, 0.4) is 0 Å². The molecule has 1 fully saturated rings. The normalized spacial score (nSPS) is 37.7. The summed E-state index contributed by atoms with van der Waals surface area (Å²) in [5.74, 6) is -3.43. The van der Waals surface area contributed by atoms with Crippen molar-refractivity contribution in [3.63, 3.8) is 0 Å². The van der Waals surface area contributed by atoms with Gasteiger partial charge in [-0.15, -0.1) is 0 Å². The summed E-state index contributed by atoms with van der Waals surface area (Å²) in [6.07, 6.45) is -5.65. The zero-order valence-corrected chi connectivity index (χ0v) is 26.6. The van der Waals surface area contributed by atoms with Gasteiger partial charge in [0.15, 0.2) is 0 Å². The number of hydrogen-bond donors (Lipinski definition) is 6. The molecule has 1 aliphatic rings. The predicted octanol–water partition coefficient (Wildman–Crippen LogP) is 2.06. The molecule has 14 heteroatoms. The fourth-order valence-electron chi connectivity index (χ4n) is 5.62. The molecule has 2 rings (SSSR count). The first-order chi connectivity index (χ1) is 19.1. The highest BCUT2D eigenvalue weighted by atomic mass is 35.7. The minimum absolute atomic E-state index is 0.0348. The summed E-state index contributed by atoms with van der Waals surface area (Å²) in [7, 11) is 1.39. The van der Waals surface area contributed by atoms with Crippen LogP contribution in [0.4, 0.5) is 10.5 Å². The Hall–Kier alpha value is -2.00. The van der Waals surface area contributed by atoms with Crippen LogP contribution >= 0.6 is 10.7 Å². The van der Waals surface area contributed by atoms with Gasteiger partial charge < -0.3 is 40.5 Å². The van der Waals surface area contributed by atoms with Crippen molar-refractivity contribution in [2.45, 2.75) is 108 Å². The van der Waals surface area contributed by atoms with Crippen molar-refractivity contribution < 1.29 is 48.3 Å². The highest BCUT2D eigenvalue weighted by molar-refractivity contribution is 8.13. The van der Waals surface area contributed by atoms with Gasteiger partial charge in [0.25, 0.3) is 9.05 Å². The third-order valence-corrected chi connectivity index (χ3v) is 9.67. The van der Waals surface area contributed by atoms with E-state index in [4.69, 9.17) is 15.4 Å². The average molecular weight is 637 g/mol. The quantitative estimate of drug-likeness (QED) is 0.211. The lowest BCUT2D eigenvalue weighted by atomic mass is 9.78. The Morgan fingerprint density at radius 2 is 1.62 bits per heavy atom. The van der Waals surface area contributed by atoms with Gasteiger partial charge in [-0.2, -0.15) is 0 Å². The minimum Gasteiger partial charge on any atom is -0.459 e. The third-order valence-electron chi connectivity index (χ3n) is 8.30. The summed E-state index contributed by atoms with van der Waals surface area (Å²) in [4.78, 5) is 27.6. The van der Waals surface area contributed by atoms with Gasteiger partial charge in [-0.25, -0.2) is 13.2 Å². The number of anilines is 1. The zero-order valence-electron chi connectivity index (χ0n) is 25.1. The highest BCUT2D eigenvalue weighted by Gasteiger charge is 2.48. The van der Waals surface area contributed by atoms with Crippen molar-refractivity contribution in [1.82, 2.24) is 4.90 Å². The van der Waals surface area contributed by atoms with E-state index in [1.165, 1.54) is 63.8 Å². The lowest BCUT2D eigenvalue weighted by Gasteiger charge is -2.43. The molecule has 2 amide bonds. The highest BCUT2D eigenvalue weighted by Crippen LogP contribution is 2.33. The maximum absolute atomic E-state index is 13.6. The second-order valence-electron chi connectivity index (χ2n) is 12.0. The van der Waals surface area contributed by atoms with Crippen molar-refractivity contribution in [3.05, 3.63) is 24.3 Å². The molecule has 42 heavy (non-hydrogen) atoms. The largest absolute Gasteiger partial charge is 0.459 e. The number of hydrogen-bond acceptors (Lipinski definition) is 10. The van der Waals surface area contributed by atoms with Crippen LogP contribution in [0.1, 0.15) is 61.3 Å². The van der Waals surface area contributed by atoms with Crippen LogP contribution in [-0.4, -0.2) is 99.1 Å². The van der Waals surface area contributed by atoms with E-state index < -0.39 is 80.5 Å². The van der Waals surface area contributed by atoms with Crippen LogP contribution in [0.5, 0.6) is 0 Å². The number of benzene rings is 1. The van der Waals surface area contributed by atoms with Crippen LogP contribution in [0, 0.1) is 17.8 Å². The number of carbonyl (C=O) groups is 2. The Morgan fingerprint density at radius 3 is 2.12 bits per heavy atom. The molecular formula is C28H45ClN2O10S. The molecule has 0 saturated carbocycles. The van der Waals surface area contributed by atoms with Crippen molar-refractivity contribution in [2.24, 2.45) is 17.8 Å². The third kappa shape index (κ3) is 8.34. The maximum Gasteiger partial charge on any atom is 0.322 e. The monoisotopic (exact) mass is 636 g/mol. The number of halogens is 1. The number of amides is 2. The molecule has 0 unspecified atom stereocenters. The molecule has 6 N–H and O–H groups in total. The van der Waals surface area contributed by atoms with E-state index >= 15 is 0 Å². The molecule has 0 bridgehead atoms. The minimum atomic E-state index is -3.98. The van der Waals surface area contributed by atoms with E-state index in [0.29, 0.717) is 0 Å². The summed E-state index contributed by atoms with van der Waals surface area (Å²) in [5, 5.41) is 58.5. The van der Waals surface area contributed by atoms with Crippen molar-refractivity contribution in [1.29, 1.82) is 0 Å². The number of aliphatic hydroxyl groups excluding tert-OH is 3. The van der Waals surface area contributed by atoms with E-state index in [1.54, 1.807) is 13.8 Å². The first-order valence-electron chi connectivity index (χ1n) is 14.0. The number of esters is 1. The van der Waals surface area contributed by atoms with Gasteiger partial charge in [-0.3, -0.25) is 4.79 Å². The molecule has 0 radical (unpaired) electrons.